The number of aliphatic hydroxyl groups is 1. The van der Waals surface area contributed by atoms with Gasteiger partial charge in [0, 0.05) is 12.2 Å². The second-order valence-electron chi connectivity index (χ2n) is 3.92. The number of rotatable bonds is 2. The molecule has 1 aliphatic rings. The van der Waals surface area contributed by atoms with Gasteiger partial charge in [-0.05, 0) is 18.2 Å². The summed E-state index contributed by atoms with van der Waals surface area (Å²) in [7, 11) is 0. The average Bonchev–Trinajstić information content (AvgIpc) is 2.32. The molecule has 16 heavy (non-hydrogen) atoms. The van der Waals surface area contributed by atoms with Gasteiger partial charge in [0.15, 0.2) is 0 Å². The van der Waals surface area contributed by atoms with E-state index in [1.807, 2.05) is 12.1 Å². The van der Waals surface area contributed by atoms with Crippen LogP contribution in [0.4, 0.5) is 17.1 Å². The zero-order valence-electron chi connectivity index (χ0n) is 9.10. The first-order valence-corrected chi connectivity index (χ1v) is 5.32. The molecule has 2 rings (SSSR count). The fourth-order valence-electron chi connectivity index (χ4n) is 1.89. The standard InChI is InChI=1S/C11H17N3O2/c12-10-2-1-8(5-11(10)13)14-3-4-16-7-9(14)6-15/h1-2,5,9,15H,3-4,6-7,12-13H2. The molecule has 1 saturated heterocycles. The van der Waals surface area contributed by atoms with Crippen LogP contribution in [0.2, 0.25) is 0 Å². The Morgan fingerprint density at radius 2 is 2.19 bits per heavy atom. The highest BCUT2D eigenvalue weighted by molar-refractivity contribution is 5.70. The van der Waals surface area contributed by atoms with Gasteiger partial charge in [0.25, 0.3) is 0 Å². The Morgan fingerprint density at radius 1 is 1.38 bits per heavy atom. The maximum absolute atomic E-state index is 9.27. The van der Waals surface area contributed by atoms with Crippen molar-refractivity contribution in [3.8, 4) is 0 Å². The minimum Gasteiger partial charge on any atom is -0.397 e. The third-order valence-corrected chi connectivity index (χ3v) is 2.84. The Bertz CT molecular complexity index is 370. The second kappa shape index (κ2) is 4.59. The molecule has 0 bridgehead atoms. The lowest BCUT2D eigenvalue weighted by Crippen LogP contribution is -2.47. The predicted octanol–water partition coefficient (Wildman–Crippen LogP) is 0.0485. The van der Waals surface area contributed by atoms with Gasteiger partial charge in [-0.3, -0.25) is 0 Å². The molecule has 0 radical (unpaired) electrons. The van der Waals surface area contributed by atoms with Crippen molar-refractivity contribution in [3.05, 3.63) is 18.2 Å². The molecule has 1 heterocycles. The van der Waals surface area contributed by atoms with Crippen molar-refractivity contribution in [1.29, 1.82) is 0 Å². The summed E-state index contributed by atoms with van der Waals surface area (Å²) in [6, 6.07) is 5.54. The van der Waals surface area contributed by atoms with Crippen LogP contribution in [0.25, 0.3) is 0 Å². The number of nitrogens with two attached hydrogens (primary N) is 2. The van der Waals surface area contributed by atoms with E-state index in [0.717, 1.165) is 12.2 Å². The molecule has 1 atom stereocenters. The Morgan fingerprint density at radius 3 is 2.88 bits per heavy atom. The fraction of sp³-hybridized carbons (Fsp3) is 0.455. The third kappa shape index (κ3) is 2.05. The molecular weight excluding hydrogens is 206 g/mol. The summed E-state index contributed by atoms with van der Waals surface area (Å²) in [5, 5.41) is 9.27. The Labute approximate surface area is 94.6 Å². The van der Waals surface area contributed by atoms with Gasteiger partial charge in [-0.2, -0.15) is 0 Å². The van der Waals surface area contributed by atoms with Crippen molar-refractivity contribution in [2.75, 3.05) is 42.7 Å². The van der Waals surface area contributed by atoms with Gasteiger partial charge >= 0.3 is 0 Å². The summed E-state index contributed by atoms with van der Waals surface area (Å²) in [6.45, 7) is 2.04. The summed E-state index contributed by atoms with van der Waals surface area (Å²) in [5.74, 6) is 0. The normalized spacial score (nSPS) is 21.1. The minimum atomic E-state index is -0.00299. The van der Waals surface area contributed by atoms with Gasteiger partial charge in [-0.25, -0.2) is 0 Å². The van der Waals surface area contributed by atoms with Crippen molar-refractivity contribution in [2.24, 2.45) is 0 Å². The van der Waals surface area contributed by atoms with E-state index >= 15 is 0 Å². The Kier molecular flexibility index (Phi) is 3.17. The SMILES string of the molecule is Nc1ccc(N2CCOCC2CO)cc1N. The zero-order valence-corrected chi connectivity index (χ0v) is 9.10. The topological polar surface area (TPSA) is 84.7 Å². The minimum absolute atomic E-state index is 0.00299. The lowest BCUT2D eigenvalue weighted by molar-refractivity contribution is 0.0727. The van der Waals surface area contributed by atoms with Crippen LogP contribution in [0.1, 0.15) is 0 Å². The Hall–Kier alpha value is -1.46. The molecule has 0 aromatic heterocycles. The van der Waals surface area contributed by atoms with Crippen LogP contribution in [0.3, 0.4) is 0 Å². The number of hydrogen-bond acceptors (Lipinski definition) is 5. The molecule has 5 nitrogen and oxygen atoms in total. The molecule has 0 amide bonds. The lowest BCUT2D eigenvalue weighted by atomic mass is 10.1. The van der Waals surface area contributed by atoms with E-state index < -0.39 is 0 Å². The van der Waals surface area contributed by atoms with Crippen LogP contribution in [-0.2, 0) is 4.74 Å². The van der Waals surface area contributed by atoms with Crippen LogP contribution in [0.15, 0.2) is 18.2 Å². The highest BCUT2D eigenvalue weighted by Gasteiger charge is 2.22. The van der Waals surface area contributed by atoms with Crippen molar-refractivity contribution in [3.63, 3.8) is 0 Å². The molecule has 0 saturated carbocycles. The van der Waals surface area contributed by atoms with Crippen LogP contribution < -0.4 is 16.4 Å². The highest BCUT2D eigenvalue weighted by Crippen LogP contribution is 2.25. The van der Waals surface area contributed by atoms with Crippen molar-refractivity contribution >= 4 is 17.1 Å². The number of morpholine rings is 1. The molecule has 1 unspecified atom stereocenters. The summed E-state index contributed by atoms with van der Waals surface area (Å²) in [6.07, 6.45) is 0. The fourth-order valence-corrected chi connectivity index (χ4v) is 1.89. The second-order valence-corrected chi connectivity index (χ2v) is 3.92. The highest BCUT2D eigenvalue weighted by atomic mass is 16.5. The van der Waals surface area contributed by atoms with Gasteiger partial charge in [0.2, 0.25) is 0 Å². The van der Waals surface area contributed by atoms with Crippen LogP contribution >= 0.6 is 0 Å². The first kappa shape index (κ1) is 11.0. The van der Waals surface area contributed by atoms with E-state index in [1.54, 1.807) is 6.07 Å². The Balaban J connectivity index is 2.23. The average molecular weight is 223 g/mol. The summed E-state index contributed by atoms with van der Waals surface area (Å²) in [4.78, 5) is 2.10. The van der Waals surface area contributed by atoms with E-state index in [9.17, 15) is 5.11 Å². The maximum atomic E-state index is 9.27. The number of ether oxygens (including phenoxy) is 1. The van der Waals surface area contributed by atoms with Crippen molar-refractivity contribution in [1.82, 2.24) is 0 Å². The molecule has 1 aliphatic heterocycles. The van der Waals surface area contributed by atoms with Crippen LogP contribution in [-0.4, -0.2) is 37.5 Å². The van der Waals surface area contributed by atoms with Crippen LogP contribution in [0.5, 0.6) is 0 Å². The number of hydrogen-bond donors (Lipinski definition) is 3. The number of aliphatic hydroxyl groups excluding tert-OH is 1. The summed E-state index contributed by atoms with van der Waals surface area (Å²) < 4.78 is 5.32. The zero-order chi connectivity index (χ0) is 11.5. The van der Waals surface area contributed by atoms with E-state index in [0.29, 0.717) is 24.6 Å². The molecule has 1 fully saturated rings. The van der Waals surface area contributed by atoms with E-state index in [4.69, 9.17) is 16.2 Å². The van der Waals surface area contributed by atoms with Crippen LogP contribution in [0, 0.1) is 0 Å². The van der Waals surface area contributed by atoms with Gasteiger partial charge < -0.3 is 26.2 Å². The molecule has 88 valence electrons. The number of anilines is 3. The maximum Gasteiger partial charge on any atom is 0.0755 e. The van der Waals surface area contributed by atoms with E-state index in [-0.39, 0.29) is 12.6 Å². The first-order valence-electron chi connectivity index (χ1n) is 5.32. The van der Waals surface area contributed by atoms with E-state index in [1.165, 1.54) is 0 Å². The molecule has 5 N–H and O–H groups in total. The molecule has 0 aliphatic carbocycles. The van der Waals surface area contributed by atoms with Gasteiger partial charge in [0.05, 0.1) is 37.2 Å². The largest absolute Gasteiger partial charge is 0.397 e. The number of nitrogen functional groups attached to an aromatic ring is 2. The predicted molar refractivity (Wildman–Crippen MR) is 64.3 cm³/mol. The number of benzene rings is 1. The van der Waals surface area contributed by atoms with E-state index in [2.05, 4.69) is 4.90 Å². The molecular formula is C11H17N3O2. The van der Waals surface area contributed by atoms with Gasteiger partial charge in [0.1, 0.15) is 0 Å². The quantitative estimate of drug-likeness (QED) is 0.617. The monoisotopic (exact) mass is 223 g/mol. The summed E-state index contributed by atoms with van der Waals surface area (Å²) >= 11 is 0. The third-order valence-electron chi connectivity index (χ3n) is 2.84. The first-order chi connectivity index (χ1) is 7.72. The lowest BCUT2D eigenvalue weighted by Gasteiger charge is -2.36. The molecule has 0 spiro atoms. The molecule has 1 aromatic carbocycles. The molecule has 5 heteroatoms. The summed E-state index contributed by atoms with van der Waals surface area (Å²) in [5.41, 5.74) is 13.6. The van der Waals surface area contributed by atoms with Crippen molar-refractivity contribution in [2.45, 2.75) is 6.04 Å². The van der Waals surface area contributed by atoms with Gasteiger partial charge in [-0.1, -0.05) is 0 Å². The van der Waals surface area contributed by atoms with Crippen molar-refractivity contribution < 1.29 is 9.84 Å². The van der Waals surface area contributed by atoms with Gasteiger partial charge in [-0.15, -0.1) is 0 Å². The smallest absolute Gasteiger partial charge is 0.0755 e. The number of nitrogens with zero attached hydrogens (tertiary/aromatic N) is 1. The molecule has 1 aromatic rings.